The molecule has 0 N–H and O–H groups in total. The number of hydrogen-bond acceptors (Lipinski definition) is 3. The van der Waals surface area contributed by atoms with Gasteiger partial charge in [0.25, 0.3) is 0 Å². The Bertz CT molecular complexity index is 684. The van der Waals surface area contributed by atoms with Crippen molar-refractivity contribution in [1.29, 1.82) is 0 Å². The first-order chi connectivity index (χ1) is 10.7. The Labute approximate surface area is 134 Å². The molecule has 1 fully saturated rings. The Morgan fingerprint density at radius 3 is 2.64 bits per heavy atom. The minimum absolute atomic E-state index is 0.183. The van der Waals surface area contributed by atoms with Crippen molar-refractivity contribution in [3.8, 4) is 11.5 Å². The highest BCUT2D eigenvalue weighted by molar-refractivity contribution is 8.00. The second-order valence-corrected chi connectivity index (χ2v) is 6.07. The van der Waals surface area contributed by atoms with Crippen molar-refractivity contribution in [3.63, 3.8) is 0 Å². The molecule has 112 valence electrons. The first kappa shape index (κ1) is 14.7. The summed E-state index contributed by atoms with van der Waals surface area (Å²) in [5.41, 5.74) is 1.92. The van der Waals surface area contributed by atoms with E-state index < -0.39 is 0 Å². The number of amides is 1. The molecule has 2 aromatic carbocycles. The number of benzene rings is 2. The van der Waals surface area contributed by atoms with E-state index in [1.807, 2.05) is 59.5 Å². The molecule has 0 atom stereocenters. The summed E-state index contributed by atoms with van der Waals surface area (Å²) in [6, 6.07) is 17.5. The average Bonchev–Trinajstić information content (AvgIpc) is 2.94. The summed E-state index contributed by atoms with van der Waals surface area (Å²) in [6.07, 6.45) is 0. The SMILES string of the molecule is C=C(CN1CSCC1=O)c1cccc(Oc2ccccc2)c1. The Hall–Kier alpha value is -2.20. The fourth-order valence-electron chi connectivity index (χ4n) is 2.27. The van der Waals surface area contributed by atoms with Crippen molar-refractivity contribution in [2.24, 2.45) is 0 Å². The van der Waals surface area contributed by atoms with E-state index in [9.17, 15) is 4.79 Å². The number of para-hydroxylation sites is 1. The van der Waals surface area contributed by atoms with Gasteiger partial charge in [0.05, 0.1) is 11.6 Å². The van der Waals surface area contributed by atoms with Crippen LogP contribution in [-0.4, -0.2) is 29.0 Å². The van der Waals surface area contributed by atoms with Crippen molar-refractivity contribution < 1.29 is 9.53 Å². The molecule has 3 nitrogen and oxygen atoms in total. The summed E-state index contributed by atoms with van der Waals surface area (Å²) in [5, 5.41) is 0. The summed E-state index contributed by atoms with van der Waals surface area (Å²) in [5.74, 6) is 3.08. The number of hydrogen-bond donors (Lipinski definition) is 0. The van der Waals surface area contributed by atoms with Crippen molar-refractivity contribution in [3.05, 3.63) is 66.7 Å². The lowest BCUT2D eigenvalue weighted by atomic mass is 10.1. The summed E-state index contributed by atoms with van der Waals surface area (Å²) < 4.78 is 5.83. The van der Waals surface area contributed by atoms with Crippen molar-refractivity contribution in [1.82, 2.24) is 4.90 Å². The van der Waals surface area contributed by atoms with Crippen LogP contribution in [0.5, 0.6) is 11.5 Å². The molecule has 1 saturated heterocycles. The average molecular weight is 311 g/mol. The van der Waals surface area contributed by atoms with Gasteiger partial charge in [-0.15, -0.1) is 11.8 Å². The molecule has 4 heteroatoms. The van der Waals surface area contributed by atoms with Gasteiger partial charge in [0.2, 0.25) is 5.91 Å². The van der Waals surface area contributed by atoms with E-state index >= 15 is 0 Å². The monoisotopic (exact) mass is 311 g/mol. The first-order valence-corrected chi connectivity index (χ1v) is 8.24. The van der Waals surface area contributed by atoms with Gasteiger partial charge in [-0.2, -0.15) is 0 Å². The molecule has 0 unspecified atom stereocenters. The van der Waals surface area contributed by atoms with Gasteiger partial charge in [-0.25, -0.2) is 0 Å². The Morgan fingerprint density at radius 2 is 1.91 bits per heavy atom. The van der Waals surface area contributed by atoms with Crippen LogP contribution in [-0.2, 0) is 4.79 Å². The fraction of sp³-hybridized carbons (Fsp3) is 0.167. The van der Waals surface area contributed by atoms with Crippen LogP contribution in [0, 0.1) is 0 Å². The lowest BCUT2D eigenvalue weighted by Gasteiger charge is -2.17. The lowest BCUT2D eigenvalue weighted by Crippen LogP contribution is -2.27. The van der Waals surface area contributed by atoms with E-state index in [0.717, 1.165) is 28.5 Å². The zero-order chi connectivity index (χ0) is 15.4. The molecule has 0 spiro atoms. The number of ether oxygens (including phenoxy) is 1. The van der Waals surface area contributed by atoms with Gasteiger partial charge >= 0.3 is 0 Å². The maximum absolute atomic E-state index is 11.7. The van der Waals surface area contributed by atoms with Crippen LogP contribution in [0.3, 0.4) is 0 Å². The number of rotatable bonds is 5. The zero-order valence-electron chi connectivity index (χ0n) is 12.2. The molecular formula is C18H17NO2S. The smallest absolute Gasteiger partial charge is 0.233 e. The minimum atomic E-state index is 0.183. The molecule has 0 aliphatic carbocycles. The summed E-state index contributed by atoms with van der Waals surface area (Å²) in [4.78, 5) is 13.5. The molecule has 0 radical (unpaired) electrons. The van der Waals surface area contributed by atoms with Crippen LogP contribution >= 0.6 is 11.8 Å². The van der Waals surface area contributed by atoms with E-state index in [1.54, 1.807) is 11.8 Å². The molecule has 1 amide bonds. The largest absolute Gasteiger partial charge is 0.457 e. The number of thioether (sulfide) groups is 1. The van der Waals surface area contributed by atoms with Crippen LogP contribution < -0.4 is 4.74 Å². The zero-order valence-corrected chi connectivity index (χ0v) is 13.0. The summed E-state index contributed by atoms with van der Waals surface area (Å²) in [6.45, 7) is 4.68. The number of carbonyl (C=O) groups excluding carboxylic acids is 1. The molecule has 0 saturated carbocycles. The maximum atomic E-state index is 11.7. The Morgan fingerprint density at radius 1 is 1.14 bits per heavy atom. The van der Waals surface area contributed by atoms with E-state index in [-0.39, 0.29) is 5.91 Å². The quantitative estimate of drug-likeness (QED) is 0.835. The first-order valence-electron chi connectivity index (χ1n) is 7.09. The molecule has 1 aliphatic rings. The molecule has 3 rings (SSSR count). The van der Waals surface area contributed by atoms with Gasteiger partial charge in [-0.1, -0.05) is 36.9 Å². The molecule has 1 heterocycles. The maximum Gasteiger partial charge on any atom is 0.233 e. The summed E-state index contributed by atoms with van der Waals surface area (Å²) >= 11 is 1.64. The van der Waals surface area contributed by atoms with E-state index in [2.05, 4.69) is 6.58 Å². The van der Waals surface area contributed by atoms with Gasteiger partial charge < -0.3 is 9.64 Å². The number of carbonyl (C=O) groups is 1. The molecule has 0 aromatic heterocycles. The summed E-state index contributed by atoms with van der Waals surface area (Å²) in [7, 11) is 0. The molecule has 0 bridgehead atoms. The van der Waals surface area contributed by atoms with Gasteiger partial charge in [0, 0.05) is 6.54 Å². The molecule has 2 aromatic rings. The van der Waals surface area contributed by atoms with Gasteiger partial charge in [-0.05, 0) is 35.4 Å². The highest BCUT2D eigenvalue weighted by atomic mass is 32.2. The second kappa shape index (κ2) is 6.71. The molecule has 1 aliphatic heterocycles. The predicted molar refractivity (Wildman–Crippen MR) is 91.0 cm³/mol. The van der Waals surface area contributed by atoms with Crippen molar-refractivity contribution >= 4 is 23.2 Å². The Balaban J connectivity index is 1.70. The van der Waals surface area contributed by atoms with Crippen LogP contribution in [0.2, 0.25) is 0 Å². The minimum Gasteiger partial charge on any atom is -0.457 e. The van der Waals surface area contributed by atoms with E-state index in [4.69, 9.17) is 4.74 Å². The van der Waals surface area contributed by atoms with Gasteiger partial charge in [-0.3, -0.25) is 4.79 Å². The van der Waals surface area contributed by atoms with Gasteiger partial charge in [0.1, 0.15) is 11.5 Å². The van der Waals surface area contributed by atoms with E-state index in [0.29, 0.717) is 12.3 Å². The molecular weight excluding hydrogens is 294 g/mol. The lowest BCUT2D eigenvalue weighted by molar-refractivity contribution is -0.126. The Kier molecular flexibility index (Phi) is 4.49. The highest BCUT2D eigenvalue weighted by Crippen LogP contribution is 2.26. The third kappa shape index (κ3) is 3.52. The van der Waals surface area contributed by atoms with Crippen LogP contribution in [0.25, 0.3) is 5.57 Å². The second-order valence-electron chi connectivity index (χ2n) is 5.12. The third-order valence-corrected chi connectivity index (χ3v) is 4.37. The van der Waals surface area contributed by atoms with Crippen molar-refractivity contribution in [2.45, 2.75) is 0 Å². The number of nitrogens with zero attached hydrogens (tertiary/aromatic N) is 1. The third-order valence-electron chi connectivity index (χ3n) is 3.43. The standard InChI is InChI=1S/C18H17NO2S/c1-14(11-19-13-22-12-18(19)20)15-6-5-9-17(10-15)21-16-7-3-2-4-8-16/h2-10H,1,11-13H2. The topological polar surface area (TPSA) is 29.5 Å². The van der Waals surface area contributed by atoms with Crippen LogP contribution in [0.1, 0.15) is 5.56 Å². The predicted octanol–water partition coefficient (Wildman–Crippen LogP) is 4.03. The molecule has 22 heavy (non-hydrogen) atoms. The van der Waals surface area contributed by atoms with Crippen molar-refractivity contribution in [2.75, 3.05) is 18.2 Å². The fourth-order valence-corrected chi connectivity index (χ4v) is 3.17. The van der Waals surface area contributed by atoms with E-state index in [1.165, 1.54) is 0 Å². The van der Waals surface area contributed by atoms with Crippen LogP contribution in [0.4, 0.5) is 0 Å². The highest BCUT2D eigenvalue weighted by Gasteiger charge is 2.21. The van der Waals surface area contributed by atoms with Crippen LogP contribution in [0.15, 0.2) is 61.2 Å². The normalized spacial score (nSPS) is 14.2. The van der Waals surface area contributed by atoms with Gasteiger partial charge in [0.15, 0.2) is 0 Å².